The second kappa shape index (κ2) is 7.31. The number of aliphatic hydroxyl groups excluding tert-OH is 1. The van der Waals surface area contributed by atoms with Gasteiger partial charge in [-0.25, -0.2) is 0 Å². The van der Waals surface area contributed by atoms with Crippen molar-refractivity contribution in [3.63, 3.8) is 0 Å². The molecule has 0 aliphatic heterocycles. The molecule has 0 aromatic carbocycles. The lowest BCUT2D eigenvalue weighted by Crippen LogP contribution is -1.79. The van der Waals surface area contributed by atoms with Crippen molar-refractivity contribution in [3.05, 3.63) is 60.2 Å². The second-order valence-corrected chi connectivity index (χ2v) is 2.84. The fourth-order valence-electron chi connectivity index (χ4n) is 1.12. The summed E-state index contributed by atoms with van der Waals surface area (Å²) < 4.78 is 0. The van der Waals surface area contributed by atoms with Crippen LogP contribution in [0, 0.1) is 0 Å². The van der Waals surface area contributed by atoms with Crippen molar-refractivity contribution in [2.45, 2.75) is 0 Å². The normalized spacial score (nSPS) is 9.62. The molecule has 0 saturated carbocycles. The SMILES string of the molecule is C(=Cc1ccccn1)c1ccccn1.CO. The first-order chi connectivity index (χ1) is 7.95. The Bertz CT molecular complexity index is 371. The van der Waals surface area contributed by atoms with Crippen LogP contribution in [0.5, 0.6) is 0 Å². The first-order valence-corrected chi connectivity index (χ1v) is 4.90. The third-order valence-electron chi connectivity index (χ3n) is 1.80. The predicted molar refractivity (Wildman–Crippen MR) is 65.5 cm³/mol. The lowest BCUT2D eigenvalue weighted by Gasteiger charge is -1.91. The molecule has 2 rings (SSSR count). The fourth-order valence-corrected chi connectivity index (χ4v) is 1.12. The number of rotatable bonds is 2. The Morgan fingerprint density at radius 2 is 1.25 bits per heavy atom. The number of aliphatic hydroxyl groups is 1. The summed E-state index contributed by atoms with van der Waals surface area (Å²) in [6.45, 7) is 0. The van der Waals surface area contributed by atoms with Gasteiger partial charge in [0.25, 0.3) is 0 Å². The topological polar surface area (TPSA) is 46.0 Å². The van der Waals surface area contributed by atoms with Crippen LogP contribution in [0.3, 0.4) is 0 Å². The Kier molecular flexibility index (Phi) is 5.52. The standard InChI is InChI=1S/C12H10N2.CH4O/c1-3-9-13-11(5-1)7-8-12-6-2-4-10-14-12;1-2/h1-10H;2H,1H3. The average molecular weight is 214 g/mol. The minimum absolute atomic E-state index is 0.943. The van der Waals surface area contributed by atoms with Gasteiger partial charge in [0.2, 0.25) is 0 Å². The van der Waals surface area contributed by atoms with E-state index in [1.54, 1.807) is 12.4 Å². The number of aromatic nitrogens is 2. The van der Waals surface area contributed by atoms with Crippen LogP contribution in [0.1, 0.15) is 11.4 Å². The molecule has 1 N–H and O–H groups in total. The molecule has 2 aromatic rings. The summed E-state index contributed by atoms with van der Waals surface area (Å²) in [6.07, 6.45) is 7.45. The molecule has 0 bridgehead atoms. The van der Waals surface area contributed by atoms with Gasteiger partial charge in [0.1, 0.15) is 0 Å². The zero-order chi connectivity index (χ0) is 11.6. The van der Waals surface area contributed by atoms with Crippen LogP contribution in [0.25, 0.3) is 12.2 Å². The van der Waals surface area contributed by atoms with E-state index in [1.165, 1.54) is 0 Å². The predicted octanol–water partition coefficient (Wildman–Crippen LogP) is 2.26. The maximum absolute atomic E-state index is 7.00. The molecule has 0 amide bonds. The van der Waals surface area contributed by atoms with Gasteiger partial charge < -0.3 is 5.11 Å². The van der Waals surface area contributed by atoms with Gasteiger partial charge in [-0.05, 0) is 36.4 Å². The van der Waals surface area contributed by atoms with E-state index < -0.39 is 0 Å². The smallest absolute Gasteiger partial charge is 0.0630 e. The van der Waals surface area contributed by atoms with Crippen LogP contribution in [0.2, 0.25) is 0 Å². The van der Waals surface area contributed by atoms with Gasteiger partial charge in [-0.1, -0.05) is 12.1 Å². The van der Waals surface area contributed by atoms with E-state index in [1.807, 2.05) is 48.6 Å². The van der Waals surface area contributed by atoms with Gasteiger partial charge in [-0.3, -0.25) is 9.97 Å². The van der Waals surface area contributed by atoms with Gasteiger partial charge in [0.05, 0.1) is 11.4 Å². The molecule has 82 valence electrons. The molecule has 0 aliphatic carbocycles. The molecule has 0 radical (unpaired) electrons. The Hall–Kier alpha value is -2.00. The zero-order valence-electron chi connectivity index (χ0n) is 9.12. The summed E-state index contributed by atoms with van der Waals surface area (Å²) in [4.78, 5) is 8.36. The number of hydrogen-bond acceptors (Lipinski definition) is 3. The van der Waals surface area contributed by atoms with E-state index in [0.717, 1.165) is 18.5 Å². The molecule has 0 aliphatic rings. The Morgan fingerprint density at radius 3 is 1.56 bits per heavy atom. The van der Waals surface area contributed by atoms with E-state index >= 15 is 0 Å². The van der Waals surface area contributed by atoms with Gasteiger partial charge in [0, 0.05) is 19.5 Å². The third-order valence-corrected chi connectivity index (χ3v) is 1.80. The average Bonchev–Trinajstić information content (AvgIpc) is 2.41. The Labute approximate surface area is 95.1 Å². The van der Waals surface area contributed by atoms with E-state index in [-0.39, 0.29) is 0 Å². The highest BCUT2D eigenvalue weighted by molar-refractivity contribution is 5.65. The third kappa shape index (κ3) is 4.02. The maximum atomic E-state index is 7.00. The number of nitrogens with zero attached hydrogens (tertiary/aromatic N) is 2. The molecule has 0 spiro atoms. The summed E-state index contributed by atoms with van der Waals surface area (Å²) in [5.41, 5.74) is 1.89. The molecule has 2 aromatic heterocycles. The maximum Gasteiger partial charge on any atom is 0.0630 e. The Balaban J connectivity index is 0.000000606. The molecular weight excluding hydrogens is 200 g/mol. The van der Waals surface area contributed by atoms with Crippen molar-refractivity contribution in [2.24, 2.45) is 0 Å². The first-order valence-electron chi connectivity index (χ1n) is 4.90. The molecule has 3 nitrogen and oxygen atoms in total. The summed E-state index contributed by atoms with van der Waals surface area (Å²) in [5, 5.41) is 7.00. The highest BCUT2D eigenvalue weighted by Crippen LogP contribution is 2.02. The monoisotopic (exact) mass is 214 g/mol. The summed E-state index contributed by atoms with van der Waals surface area (Å²) in [7, 11) is 1.00. The second-order valence-electron chi connectivity index (χ2n) is 2.84. The van der Waals surface area contributed by atoms with Crippen molar-refractivity contribution < 1.29 is 5.11 Å². The summed E-state index contributed by atoms with van der Waals surface area (Å²) in [5.74, 6) is 0. The molecule has 3 heteroatoms. The Morgan fingerprint density at radius 1 is 0.812 bits per heavy atom. The highest BCUT2D eigenvalue weighted by Gasteiger charge is 1.86. The quantitative estimate of drug-likeness (QED) is 0.834. The van der Waals surface area contributed by atoms with Crippen molar-refractivity contribution in [1.82, 2.24) is 9.97 Å². The van der Waals surface area contributed by atoms with Gasteiger partial charge in [-0.15, -0.1) is 0 Å². The minimum Gasteiger partial charge on any atom is -0.400 e. The fraction of sp³-hybridized carbons (Fsp3) is 0.0769. The molecule has 16 heavy (non-hydrogen) atoms. The van der Waals surface area contributed by atoms with Crippen LogP contribution >= 0.6 is 0 Å². The molecule has 0 fully saturated rings. The largest absolute Gasteiger partial charge is 0.400 e. The van der Waals surface area contributed by atoms with Crippen LogP contribution in [-0.4, -0.2) is 22.2 Å². The molecule has 0 unspecified atom stereocenters. The van der Waals surface area contributed by atoms with Gasteiger partial charge in [-0.2, -0.15) is 0 Å². The van der Waals surface area contributed by atoms with E-state index in [9.17, 15) is 0 Å². The van der Waals surface area contributed by atoms with Crippen LogP contribution in [-0.2, 0) is 0 Å². The van der Waals surface area contributed by atoms with Gasteiger partial charge >= 0.3 is 0 Å². The lowest BCUT2D eigenvalue weighted by atomic mass is 10.3. The van der Waals surface area contributed by atoms with Crippen LogP contribution in [0.4, 0.5) is 0 Å². The summed E-state index contributed by atoms with van der Waals surface area (Å²) in [6, 6.07) is 11.6. The van der Waals surface area contributed by atoms with Crippen LogP contribution < -0.4 is 0 Å². The highest BCUT2D eigenvalue weighted by atomic mass is 16.2. The zero-order valence-corrected chi connectivity index (χ0v) is 9.12. The molecule has 0 atom stereocenters. The van der Waals surface area contributed by atoms with Crippen molar-refractivity contribution in [1.29, 1.82) is 0 Å². The molecule has 0 saturated heterocycles. The van der Waals surface area contributed by atoms with E-state index in [0.29, 0.717) is 0 Å². The number of pyridine rings is 2. The van der Waals surface area contributed by atoms with Crippen molar-refractivity contribution in [2.75, 3.05) is 7.11 Å². The first kappa shape index (κ1) is 12.1. The van der Waals surface area contributed by atoms with E-state index in [2.05, 4.69) is 9.97 Å². The molecular formula is C13H14N2O. The van der Waals surface area contributed by atoms with Gasteiger partial charge in [0.15, 0.2) is 0 Å². The summed E-state index contributed by atoms with van der Waals surface area (Å²) >= 11 is 0. The van der Waals surface area contributed by atoms with Crippen LogP contribution in [0.15, 0.2) is 48.8 Å². The van der Waals surface area contributed by atoms with E-state index in [4.69, 9.17) is 5.11 Å². The lowest BCUT2D eigenvalue weighted by molar-refractivity contribution is 0.399. The molecule has 2 heterocycles. The van der Waals surface area contributed by atoms with Crippen molar-refractivity contribution >= 4 is 12.2 Å². The number of hydrogen-bond donors (Lipinski definition) is 1. The van der Waals surface area contributed by atoms with Crippen molar-refractivity contribution in [3.8, 4) is 0 Å². The minimum atomic E-state index is 0.943.